The van der Waals surface area contributed by atoms with Gasteiger partial charge in [0.25, 0.3) is 10.0 Å². The Balaban J connectivity index is 1.69. The van der Waals surface area contributed by atoms with E-state index in [9.17, 15) is 8.42 Å². The summed E-state index contributed by atoms with van der Waals surface area (Å²) in [7, 11) is -3.78. The lowest BCUT2D eigenvalue weighted by Gasteiger charge is -2.18. The molecule has 146 valence electrons. The molecule has 0 atom stereocenters. The van der Waals surface area contributed by atoms with Crippen LogP contribution in [-0.4, -0.2) is 25.0 Å². The predicted octanol–water partition coefficient (Wildman–Crippen LogP) is 3.83. The molecule has 7 nitrogen and oxygen atoms in total. The van der Waals surface area contributed by atoms with Crippen molar-refractivity contribution in [3.63, 3.8) is 0 Å². The molecule has 0 saturated heterocycles. The van der Waals surface area contributed by atoms with E-state index in [4.69, 9.17) is 9.47 Å². The maximum atomic E-state index is 13.2. The van der Waals surface area contributed by atoms with Crippen molar-refractivity contribution >= 4 is 15.7 Å². The van der Waals surface area contributed by atoms with E-state index in [0.717, 1.165) is 25.7 Å². The zero-order valence-electron chi connectivity index (χ0n) is 15.9. The molecule has 4 rings (SSSR count). The first-order valence-electron chi connectivity index (χ1n) is 9.26. The molecule has 2 aliphatic rings. The lowest BCUT2D eigenvalue weighted by molar-refractivity contribution is 0.174. The Morgan fingerprint density at radius 3 is 2.56 bits per heavy atom. The molecule has 27 heavy (non-hydrogen) atoms. The van der Waals surface area contributed by atoms with Crippen LogP contribution >= 0.6 is 0 Å². The molecule has 0 bridgehead atoms. The molecule has 1 fully saturated rings. The third kappa shape index (κ3) is 3.50. The number of hydrogen-bond acceptors (Lipinski definition) is 5. The van der Waals surface area contributed by atoms with Gasteiger partial charge in [0, 0.05) is 17.7 Å². The third-order valence-electron chi connectivity index (χ3n) is 5.02. The van der Waals surface area contributed by atoms with E-state index >= 15 is 0 Å². The monoisotopic (exact) mass is 391 g/mol. The Morgan fingerprint density at radius 2 is 1.85 bits per heavy atom. The van der Waals surface area contributed by atoms with Crippen LogP contribution in [0.2, 0.25) is 0 Å². The Morgan fingerprint density at radius 1 is 1.15 bits per heavy atom. The zero-order valence-corrected chi connectivity index (χ0v) is 16.7. The fourth-order valence-corrected chi connectivity index (χ4v) is 5.01. The van der Waals surface area contributed by atoms with Crippen molar-refractivity contribution in [1.82, 2.24) is 9.78 Å². The molecule has 8 heteroatoms. The van der Waals surface area contributed by atoms with Gasteiger partial charge in [0.15, 0.2) is 11.5 Å². The predicted molar refractivity (Wildman–Crippen MR) is 102 cm³/mol. The van der Waals surface area contributed by atoms with Crippen molar-refractivity contribution in [3.05, 3.63) is 30.1 Å². The highest BCUT2D eigenvalue weighted by Gasteiger charge is 2.32. The number of hydrogen-bond donors (Lipinski definition) is 1. The van der Waals surface area contributed by atoms with Crippen LogP contribution in [0.4, 0.5) is 5.69 Å². The van der Waals surface area contributed by atoms with E-state index in [1.54, 1.807) is 24.4 Å². The lowest BCUT2D eigenvalue weighted by Crippen LogP contribution is -2.20. The summed E-state index contributed by atoms with van der Waals surface area (Å²) in [6, 6.07) is 5.29. The van der Waals surface area contributed by atoms with Gasteiger partial charge in [-0.2, -0.15) is 5.10 Å². The second-order valence-electron chi connectivity index (χ2n) is 8.18. The number of rotatable bonds is 4. The molecule has 1 aromatic carbocycles. The molecule has 0 unspecified atom stereocenters. The molecule has 2 aromatic rings. The van der Waals surface area contributed by atoms with E-state index in [1.165, 1.54) is 0 Å². The standard InChI is InChI=1S/C19H25N3O4S/c1-19(2,3)18-17(11-22(20-18)14-6-4-5-7-14)27(23,24)21-13-8-9-15-16(10-13)26-12-25-15/h8-11,14,21H,4-7,12H2,1-3H3. The molecular weight excluding hydrogens is 366 g/mol. The van der Waals surface area contributed by atoms with Crippen LogP contribution in [0.5, 0.6) is 11.5 Å². The Kier molecular flexibility index (Phi) is 4.33. The van der Waals surface area contributed by atoms with Crippen molar-refractivity contribution in [2.24, 2.45) is 0 Å². The summed E-state index contributed by atoms with van der Waals surface area (Å²) in [6.07, 6.45) is 6.09. The van der Waals surface area contributed by atoms with Gasteiger partial charge < -0.3 is 9.47 Å². The van der Waals surface area contributed by atoms with E-state index in [0.29, 0.717) is 22.9 Å². The van der Waals surface area contributed by atoms with E-state index in [2.05, 4.69) is 9.82 Å². The first-order chi connectivity index (χ1) is 12.7. The number of fused-ring (bicyclic) bond motifs is 1. The molecule has 0 spiro atoms. The second kappa shape index (κ2) is 6.44. The largest absolute Gasteiger partial charge is 0.454 e. The number of sulfonamides is 1. The number of nitrogens with one attached hydrogen (secondary N) is 1. The number of ether oxygens (including phenoxy) is 2. The Bertz CT molecular complexity index is 954. The molecule has 1 aliphatic heterocycles. The van der Waals surface area contributed by atoms with Gasteiger partial charge in [-0.05, 0) is 25.0 Å². The summed E-state index contributed by atoms with van der Waals surface area (Å²) in [5.41, 5.74) is 0.637. The number of nitrogens with zero attached hydrogens (tertiary/aromatic N) is 2. The van der Waals surface area contributed by atoms with Gasteiger partial charge in [0.05, 0.1) is 17.4 Å². The van der Waals surface area contributed by atoms with Gasteiger partial charge in [-0.15, -0.1) is 0 Å². The summed E-state index contributed by atoms with van der Waals surface area (Å²) in [4.78, 5) is 0.236. The summed E-state index contributed by atoms with van der Waals surface area (Å²) >= 11 is 0. The highest BCUT2D eigenvalue weighted by Crippen LogP contribution is 2.37. The Hall–Kier alpha value is -2.22. The molecule has 1 saturated carbocycles. The van der Waals surface area contributed by atoms with Crippen molar-refractivity contribution in [1.29, 1.82) is 0 Å². The SMILES string of the molecule is CC(C)(C)c1nn(C2CCCC2)cc1S(=O)(=O)Nc1ccc2c(c1)OCO2. The van der Waals surface area contributed by atoms with Crippen LogP contribution in [0.25, 0.3) is 0 Å². The van der Waals surface area contributed by atoms with Gasteiger partial charge >= 0.3 is 0 Å². The summed E-state index contributed by atoms with van der Waals surface area (Å²) in [5.74, 6) is 1.15. The fourth-order valence-electron chi connectivity index (χ4n) is 3.62. The van der Waals surface area contributed by atoms with Crippen molar-refractivity contribution in [2.45, 2.75) is 62.8 Å². The number of aromatic nitrogens is 2. The molecule has 0 radical (unpaired) electrons. The van der Waals surface area contributed by atoms with Crippen molar-refractivity contribution < 1.29 is 17.9 Å². The maximum absolute atomic E-state index is 13.2. The minimum absolute atomic E-state index is 0.147. The van der Waals surface area contributed by atoms with Gasteiger partial charge in [-0.1, -0.05) is 33.6 Å². The van der Waals surface area contributed by atoms with E-state index < -0.39 is 10.0 Å². The van der Waals surface area contributed by atoms with E-state index in [-0.39, 0.29) is 23.1 Å². The molecule has 1 aliphatic carbocycles. The second-order valence-corrected chi connectivity index (χ2v) is 9.83. The summed E-state index contributed by atoms with van der Waals surface area (Å²) in [6.45, 7) is 6.09. The highest BCUT2D eigenvalue weighted by molar-refractivity contribution is 7.92. The minimum Gasteiger partial charge on any atom is -0.454 e. The van der Waals surface area contributed by atoms with Gasteiger partial charge in [0.1, 0.15) is 4.90 Å². The lowest BCUT2D eigenvalue weighted by atomic mass is 9.92. The van der Waals surface area contributed by atoms with Crippen LogP contribution in [0.15, 0.2) is 29.3 Å². The maximum Gasteiger partial charge on any atom is 0.265 e. The van der Waals surface area contributed by atoms with Crippen LogP contribution in [0.1, 0.15) is 58.2 Å². The zero-order chi connectivity index (χ0) is 19.2. The normalized spacial score (nSPS) is 17.4. The number of benzene rings is 1. The summed E-state index contributed by atoms with van der Waals surface area (Å²) in [5, 5.41) is 4.68. The van der Waals surface area contributed by atoms with Crippen LogP contribution < -0.4 is 14.2 Å². The van der Waals surface area contributed by atoms with Crippen molar-refractivity contribution in [2.75, 3.05) is 11.5 Å². The topological polar surface area (TPSA) is 82.5 Å². The third-order valence-corrected chi connectivity index (χ3v) is 6.40. The summed E-state index contributed by atoms with van der Waals surface area (Å²) < 4.78 is 41.4. The smallest absolute Gasteiger partial charge is 0.265 e. The Labute approximate surface area is 159 Å². The minimum atomic E-state index is -3.78. The first-order valence-corrected chi connectivity index (χ1v) is 10.7. The number of anilines is 1. The molecule has 0 amide bonds. The molecular formula is C19H25N3O4S. The quantitative estimate of drug-likeness (QED) is 0.857. The van der Waals surface area contributed by atoms with Crippen molar-refractivity contribution in [3.8, 4) is 11.5 Å². The van der Waals surface area contributed by atoms with Crippen LogP contribution in [-0.2, 0) is 15.4 Å². The van der Waals surface area contributed by atoms with Gasteiger partial charge in [-0.25, -0.2) is 8.42 Å². The molecule has 1 N–H and O–H groups in total. The highest BCUT2D eigenvalue weighted by atomic mass is 32.2. The fraction of sp³-hybridized carbons (Fsp3) is 0.526. The van der Waals surface area contributed by atoms with Gasteiger partial charge in [-0.3, -0.25) is 9.40 Å². The molecule has 2 heterocycles. The average molecular weight is 391 g/mol. The van der Waals surface area contributed by atoms with Gasteiger partial charge in [0.2, 0.25) is 6.79 Å². The van der Waals surface area contributed by atoms with Crippen LogP contribution in [0.3, 0.4) is 0 Å². The van der Waals surface area contributed by atoms with E-state index in [1.807, 2.05) is 25.5 Å². The first kappa shape index (κ1) is 18.2. The molecule has 1 aromatic heterocycles. The average Bonchev–Trinajstić information content (AvgIpc) is 3.32. The van der Waals surface area contributed by atoms with Crippen LogP contribution in [0, 0.1) is 0 Å².